The van der Waals surface area contributed by atoms with Crippen LogP contribution in [0.5, 0.6) is 0 Å². The van der Waals surface area contributed by atoms with Gasteiger partial charge in [-0.3, -0.25) is 0 Å². The van der Waals surface area contributed by atoms with E-state index in [9.17, 15) is 9.59 Å². The number of amides is 1. The third kappa shape index (κ3) is 4.40. The van der Waals surface area contributed by atoms with Crippen molar-refractivity contribution >= 4 is 19.0 Å². The number of nitrogens with one attached hydrogen (secondary N) is 1. The van der Waals surface area contributed by atoms with Crippen LogP contribution in [-0.2, 0) is 4.79 Å². The molecule has 0 aromatic carbocycles. The quantitative estimate of drug-likeness (QED) is 0.576. The zero-order valence-corrected chi connectivity index (χ0v) is 9.39. The summed E-state index contributed by atoms with van der Waals surface area (Å²) in [6.07, 6.45) is 1.76. The van der Waals surface area contributed by atoms with Gasteiger partial charge in [0.2, 0.25) is 0 Å². The summed E-state index contributed by atoms with van der Waals surface area (Å²) in [5.41, 5.74) is 5.32. The van der Waals surface area contributed by atoms with Crippen LogP contribution < -0.4 is 11.1 Å². The molecule has 1 rings (SSSR count). The van der Waals surface area contributed by atoms with Gasteiger partial charge in [-0.05, 0) is 0 Å². The summed E-state index contributed by atoms with van der Waals surface area (Å²) >= 11 is 0. The third-order valence-electron chi connectivity index (χ3n) is 2.30. The second kappa shape index (κ2) is 6.85. The molecule has 6 nitrogen and oxygen atoms in total. The Morgan fingerprint density at radius 3 is 2.82 bits per heavy atom. The Hall–Kier alpha value is -1.63. The van der Waals surface area contributed by atoms with Gasteiger partial charge in [-0.1, -0.05) is 0 Å². The van der Waals surface area contributed by atoms with Crippen LogP contribution in [0.3, 0.4) is 0 Å². The zero-order valence-electron chi connectivity index (χ0n) is 9.39. The molecular weight excluding hydrogens is 223 g/mol. The van der Waals surface area contributed by atoms with Crippen LogP contribution in [0, 0.1) is 0 Å². The standard InChI is InChI=1S/C10H15BN2O4/c12-6-2-1-3-7(10(15)16)13-9(14)8-4-5-11-17-8/h4-5,7H,1-3,6,12H2,(H,13,14)(H,15,16)/t7-/m0/s1. The fourth-order valence-corrected chi connectivity index (χ4v) is 1.39. The first-order valence-corrected chi connectivity index (χ1v) is 5.42. The summed E-state index contributed by atoms with van der Waals surface area (Å²) in [6, 6.07) is 0.577. The van der Waals surface area contributed by atoms with Crippen LogP contribution in [0.1, 0.15) is 29.8 Å². The number of rotatable bonds is 7. The number of carbonyl (C=O) groups is 2. The molecule has 0 saturated heterocycles. The van der Waals surface area contributed by atoms with Gasteiger partial charge in [0.1, 0.15) is 0 Å². The number of carboxylic acid groups (broad SMARTS) is 1. The second-order valence-electron chi connectivity index (χ2n) is 3.63. The third-order valence-corrected chi connectivity index (χ3v) is 2.30. The van der Waals surface area contributed by atoms with E-state index < -0.39 is 17.9 Å². The van der Waals surface area contributed by atoms with Crippen molar-refractivity contribution in [1.82, 2.24) is 5.32 Å². The zero-order chi connectivity index (χ0) is 12.7. The van der Waals surface area contributed by atoms with Crippen LogP contribution in [0.15, 0.2) is 16.4 Å². The molecule has 0 aliphatic rings. The number of hydrogen-bond acceptors (Lipinski definition) is 4. The molecule has 0 spiro atoms. The second-order valence-corrected chi connectivity index (χ2v) is 3.63. The van der Waals surface area contributed by atoms with Crippen LogP contribution in [0.2, 0.25) is 0 Å². The van der Waals surface area contributed by atoms with Crippen LogP contribution >= 0.6 is 0 Å². The molecule has 0 aliphatic heterocycles. The predicted molar refractivity (Wildman–Crippen MR) is 61.9 cm³/mol. The summed E-state index contributed by atoms with van der Waals surface area (Å²) in [4.78, 5) is 22.5. The SMILES string of the molecule is NCCCC[C@H](NC(=O)c1ccbo1)C(=O)O. The monoisotopic (exact) mass is 238 g/mol. The number of carbonyl (C=O) groups excluding carboxylic acids is 1. The molecule has 1 atom stereocenters. The van der Waals surface area contributed by atoms with Crippen molar-refractivity contribution in [1.29, 1.82) is 0 Å². The van der Waals surface area contributed by atoms with Gasteiger partial charge in [-0.2, -0.15) is 0 Å². The van der Waals surface area contributed by atoms with Crippen molar-refractivity contribution in [3.63, 3.8) is 0 Å². The molecule has 1 aromatic heterocycles. The molecule has 0 bridgehead atoms. The fraction of sp³-hybridized carbons (Fsp3) is 0.500. The maximum absolute atomic E-state index is 11.6. The Morgan fingerprint density at radius 2 is 2.29 bits per heavy atom. The molecule has 0 aliphatic carbocycles. The molecule has 0 fully saturated rings. The molecule has 1 aromatic rings. The van der Waals surface area contributed by atoms with E-state index >= 15 is 0 Å². The van der Waals surface area contributed by atoms with Gasteiger partial charge in [0.25, 0.3) is 0 Å². The van der Waals surface area contributed by atoms with Gasteiger partial charge in [0, 0.05) is 0 Å². The average Bonchev–Trinajstić information content (AvgIpc) is 2.81. The van der Waals surface area contributed by atoms with E-state index in [4.69, 9.17) is 15.2 Å². The van der Waals surface area contributed by atoms with Gasteiger partial charge in [-0.15, -0.1) is 0 Å². The van der Waals surface area contributed by atoms with E-state index in [-0.39, 0.29) is 5.76 Å². The molecule has 7 heteroatoms. The topological polar surface area (TPSA) is 106 Å². The van der Waals surface area contributed by atoms with Crippen molar-refractivity contribution in [3.8, 4) is 0 Å². The molecular formula is C10H15BN2O4. The van der Waals surface area contributed by atoms with Gasteiger partial charge in [0.15, 0.2) is 0 Å². The van der Waals surface area contributed by atoms with E-state index in [2.05, 4.69) is 5.32 Å². The predicted octanol–water partition coefficient (Wildman–Crippen LogP) is -0.0703. The Balaban J connectivity index is 2.49. The number of unbranched alkanes of at least 4 members (excludes halogenated alkanes) is 1. The number of hydrogen-bond donors (Lipinski definition) is 3. The van der Waals surface area contributed by atoms with E-state index in [1.54, 1.807) is 5.96 Å². The maximum atomic E-state index is 11.6. The van der Waals surface area contributed by atoms with Crippen molar-refractivity contribution < 1.29 is 19.0 Å². The van der Waals surface area contributed by atoms with Gasteiger partial charge >= 0.3 is 98.7 Å². The van der Waals surface area contributed by atoms with Crippen molar-refractivity contribution in [2.75, 3.05) is 6.54 Å². The van der Waals surface area contributed by atoms with E-state index in [0.29, 0.717) is 19.4 Å². The van der Waals surface area contributed by atoms with E-state index in [1.807, 2.05) is 0 Å². The first-order chi connectivity index (χ1) is 8.15. The van der Waals surface area contributed by atoms with E-state index in [1.165, 1.54) is 13.2 Å². The molecule has 92 valence electrons. The van der Waals surface area contributed by atoms with Gasteiger partial charge < -0.3 is 0 Å². The molecule has 0 saturated carbocycles. The minimum atomic E-state index is -1.05. The molecule has 1 amide bonds. The first kappa shape index (κ1) is 13.4. The van der Waals surface area contributed by atoms with Crippen molar-refractivity contribution in [2.45, 2.75) is 25.3 Å². The minimum absolute atomic E-state index is 0.107. The summed E-state index contributed by atoms with van der Waals surface area (Å²) in [7, 11) is 1.36. The van der Waals surface area contributed by atoms with Crippen LogP contribution in [0.4, 0.5) is 0 Å². The van der Waals surface area contributed by atoms with Gasteiger partial charge in [0.05, 0.1) is 0 Å². The fourth-order valence-electron chi connectivity index (χ4n) is 1.39. The summed E-state index contributed by atoms with van der Waals surface area (Å²) in [5, 5.41) is 11.3. The molecule has 0 unspecified atom stereocenters. The summed E-state index contributed by atoms with van der Waals surface area (Å²) < 4.78 is 4.88. The molecule has 17 heavy (non-hydrogen) atoms. The Morgan fingerprint density at radius 1 is 1.53 bits per heavy atom. The van der Waals surface area contributed by atoms with Gasteiger partial charge in [-0.25, -0.2) is 0 Å². The molecule has 1 heterocycles. The van der Waals surface area contributed by atoms with Crippen molar-refractivity contribution in [3.05, 3.63) is 17.8 Å². The van der Waals surface area contributed by atoms with E-state index in [0.717, 1.165) is 6.42 Å². The Bertz CT molecular complexity index is 366. The van der Waals surface area contributed by atoms with Crippen LogP contribution in [-0.4, -0.2) is 36.7 Å². The van der Waals surface area contributed by atoms with Crippen molar-refractivity contribution in [2.24, 2.45) is 5.73 Å². The molecule has 0 radical (unpaired) electrons. The number of aliphatic carboxylic acids is 1. The Kier molecular flexibility index (Phi) is 5.42. The number of nitrogens with two attached hydrogens (primary N) is 1. The normalized spacial score (nSPS) is 11.8. The summed E-state index contributed by atoms with van der Waals surface area (Å²) in [5.74, 6) is 0.103. The number of carboxylic acids is 1. The first-order valence-electron chi connectivity index (χ1n) is 5.42. The Labute approximate surface area is 99.4 Å². The average molecular weight is 238 g/mol. The summed E-state index contributed by atoms with van der Waals surface area (Å²) in [6.45, 7) is 0.512. The molecule has 4 N–H and O–H groups in total. The van der Waals surface area contributed by atoms with Crippen LogP contribution in [0.25, 0.3) is 0 Å².